The van der Waals surface area contributed by atoms with Gasteiger partial charge in [-0.15, -0.1) is 0 Å². The van der Waals surface area contributed by atoms with Crippen LogP contribution in [0.15, 0.2) is 29.8 Å². The standard InChI is InChI=1S/C13H15Cl2NO/c1-13(16-2)6-9(7-13)8-17-10-3-4-11(14)12(15)5-10/h3-6,16H,7-8H2,1-2H3. The molecule has 0 saturated heterocycles. The summed E-state index contributed by atoms with van der Waals surface area (Å²) in [5, 5.41) is 4.32. The summed E-state index contributed by atoms with van der Waals surface area (Å²) in [5.74, 6) is 0.748. The summed E-state index contributed by atoms with van der Waals surface area (Å²) in [7, 11) is 1.97. The lowest BCUT2D eigenvalue weighted by atomic mass is 9.81. The van der Waals surface area contributed by atoms with Crippen LogP contribution in [0.5, 0.6) is 5.75 Å². The Kier molecular flexibility index (Phi) is 3.67. The van der Waals surface area contributed by atoms with E-state index in [2.05, 4.69) is 18.3 Å². The fourth-order valence-electron chi connectivity index (χ4n) is 1.89. The van der Waals surface area contributed by atoms with E-state index in [9.17, 15) is 0 Å². The molecule has 4 heteroatoms. The van der Waals surface area contributed by atoms with Crippen molar-refractivity contribution in [2.45, 2.75) is 18.9 Å². The van der Waals surface area contributed by atoms with Gasteiger partial charge in [-0.25, -0.2) is 0 Å². The monoisotopic (exact) mass is 271 g/mol. The van der Waals surface area contributed by atoms with Crippen molar-refractivity contribution in [3.63, 3.8) is 0 Å². The predicted molar refractivity (Wildman–Crippen MR) is 72.1 cm³/mol. The van der Waals surface area contributed by atoms with E-state index >= 15 is 0 Å². The number of nitrogens with one attached hydrogen (secondary N) is 1. The van der Waals surface area contributed by atoms with Gasteiger partial charge in [-0.1, -0.05) is 29.3 Å². The van der Waals surface area contributed by atoms with Crippen LogP contribution in [0.4, 0.5) is 0 Å². The van der Waals surface area contributed by atoms with Crippen molar-refractivity contribution in [1.82, 2.24) is 5.32 Å². The number of halogens is 2. The number of benzene rings is 1. The fourth-order valence-corrected chi connectivity index (χ4v) is 2.18. The topological polar surface area (TPSA) is 21.3 Å². The minimum Gasteiger partial charge on any atom is -0.489 e. The van der Waals surface area contributed by atoms with Crippen LogP contribution < -0.4 is 10.1 Å². The number of ether oxygens (including phenoxy) is 1. The normalized spacial score (nSPS) is 22.9. The van der Waals surface area contributed by atoms with Crippen LogP contribution in [0.3, 0.4) is 0 Å². The highest BCUT2D eigenvalue weighted by atomic mass is 35.5. The van der Waals surface area contributed by atoms with Gasteiger partial charge in [0.15, 0.2) is 0 Å². The first-order valence-electron chi connectivity index (χ1n) is 5.50. The predicted octanol–water partition coefficient (Wildman–Crippen LogP) is 3.68. The lowest BCUT2D eigenvalue weighted by Crippen LogP contribution is -2.44. The van der Waals surface area contributed by atoms with E-state index in [1.807, 2.05) is 13.1 Å². The van der Waals surface area contributed by atoms with Gasteiger partial charge >= 0.3 is 0 Å². The molecule has 0 saturated carbocycles. The van der Waals surface area contributed by atoms with Crippen LogP contribution in [0, 0.1) is 0 Å². The second-order valence-corrected chi connectivity index (χ2v) is 5.33. The molecule has 2 rings (SSSR count). The largest absolute Gasteiger partial charge is 0.489 e. The Labute approximate surface area is 112 Å². The van der Waals surface area contributed by atoms with Gasteiger partial charge in [0.05, 0.1) is 10.0 Å². The third-order valence-corrected chi connectivity index (χ3v) is 3.74. The molecule has 1 aliphatic rings. The van der Waals surface area contributed by atoms with E-state index in [0.717, 1.165) is 12.2 Å². The van der Waals surface area contributed by atoms with E-state index in [1.165, 1.54) is 5.57 Å². The van der Waals surface area contributed by atoms with Crippen molar-refractivity contribution in [3.8, 4) is 5.75 Å². The number of hydrogen-bond acceptors (Lipinski definition) is 2. The molecule has 1 unspecified atom stereocenters. The maximum atomic E-state index is 5.91. The lowest BCUT2D eigenvalue weighted by molar-refractivity contribution is 0.314. The molecule has 0 radical (unpaired) electrons. The molecule has 0 aliphatic heterocycles. The smallest absolute Gasteiger partial charge is 0.121 e. The molecule has 0 bridgehead atoms. The molecule has 92 valence electrons. The number of likely N-dealkylation sites (N-methyl/N-ethyl adjacent to an activating group) is 1. The first-order chi connectivity index (χ1) is 8.02. The zero-order chi connectivity index (χ0) is 12.5. The molecule has 0 fully saturated rings. The van der Waals surface area contributed by atoms with Gasteiger partial charge in [-0.3, -0.25) is 0 Å². The van der Waals surface area contributed by atoms with Crippen molar-refractivity contribution in [1.29, 1.82) is 0 Å². The molecule has 0 spiro atoms. The van der Waals surface area contributed by atoms with Crippen molar-refractivity contribution in [2.75, 3.05) is 13.7 Å². The van der Waals surface area contributed by atoms with Crippen LogP contribution in [0.2, 0.25) is 10.0 Å². The molecule has 1 N–H and O–H groups in total. The Morgan fingerprint density at radius 1 is 1.35 bits per heavy atom. The number of rotatable bonds is 4. The van der Waals surface area contributed by atoms with Gasteiger partial charge in [-0.2, -0.15) is 0 Å². The molecule has 0 heterocycles. The zero-order valence-electron chi connectivity index (χ0n) is 9.89. The second-order valence-electron chi connectivity index (χ2n) is 4.51. The Bertz CT molecular complexity index is 459. The first-order valence-corrected chi connectivity index (χ1v) is 6.25. The van der Waals surface area contributed by atoms with Crippen molar-refractivity contribution in [2.24, 2.45) is 0 Å². The lowest BCUT2D eigenvalue weighted by Gasteiger charge is -2.36. The molecule has 1 aliphatic carbocycles. The molecule has 2 nitrogen and oxygen atoms in total. The molecule has 1 aromatic carbocycles. The van der Waals surface area contributed by atoms with E-state index in [0.29, 0.717) is 16.7 Å². The Hall–Kier alpha value is -0.700. The van der Waals surface area contributed by atoms with E-state index in [1.54, 1.807) is 12.1 Å². The van der Waals surface area contributed by atoms with Crippen molar-refractivity contribution < 1.29 is 4.74 Å². The van der Waals surface area contributed by atoms with Gasteiger partial charge in [0, 0.05) is 11.6 Å². The van der Waals surface area contributed by atoms with Crippen molar-refractivity contribution in [3.05, 3.63) is 39.9 Å². The summed E-state index contributed by atoms with van der Waals surface area (Å²) in [5.41, 5.74) is 1.43. The summed E-state index contributed by atoms with van der Waals surface area (Å²) >= 11 is 11.7. The molecular formula is C13H15Cl2NO. The average molecular weight is 272 g/mol. The third kappa shape index (κ3) is 2.95. The van der Waals surface area contributed by atoms with Crippen LogP contribution in [0.25, 0.3) is 0 Å². The van der Waals surface area contributed by atoms with Gasteiger partial charge in [0.2, 0.25) is 0 Å². The van der Waals surface area contributed by atoms with Gasteiger partial charge in [0.1, 0.15) is 12.4 Å². The first kappa shape index (κ1) is 12.7. The summed E-state index contributed by atoms with van der Waals surface area (Å²) in [4.78, 5) is 0. The van der Waals surface area contributed by atoms with E-state index in [4.69, 9.17) is 27.9 Å². The molecule has 1 atom stereocenters. The second kappa shape index (κ2) is 4.89. The van der Waals surface area contributed by atoms with Crippen LogP contribution in [-0.2, 0) is 0 Å². The van der Waals surface area contributed by atoms with Crippen LogP contribution in [0.1, 0.15) is 13.3 Å². The minimum absolute atomic E-state index is 0.135. The van der Waals surface area contributed by atoms with Gasteiger partial charge in [0.25, 0.3) is 0 Å². The van der Waals surface area contributed by atoms with Crippen molar-refractivity contribution >= 4 is 23.2 Å². The summed E-state index contributed by atoms with van der Waals surface area (Å²) in [6, 6.07) is 5.30. The molecule has 0 amide bonds. The van der Waals surface area contributed by atoms with E-state index in [-0.39, 0.29) is 5.54 Å². The van der Waals surface area contributed by atoms with Gasteiger partial charge < -0.3 is 10.1 Å². The SMILES string of the molecule is CNC1(C)C=C(COc2ccc(Cl)c(Cl)c2)C1. The molecule has 0 aromatic heterocycles. The Morgan fingerprint density at radius 2 is 2.06 bits per heavy atom. The minimum atomic E-state index is 0.135. The molecule has 1 aromatic rings. The summed E-state index contributed by atoms with van der Waals surface area (Å²) in [6.45, 7) is 2.77. The van der Waals surface area contributed by atoms with E-state index < -0.39 is 0 Å². The Morgan fingerprint density at radius 3 is 2.65 bits per heavy atom. The van der Waals surface area contributed by atoms with Crippen LogP contribution >= 0.6 is 23.2 Å². The highest BCUT2D eigenvalue weighted by Gasteiger charge is 2.29. The zero-order valence-corrected chi connectivity index (χ0v) is 11.4. The highest BCUT2D eigenvalue weighted by Crippen LogP contribution is 2.31. The molecule has 17 heavy (non-hydrogen) atoms. The number of hydrogen-bond donors (Lipinski definition) is 1. The maximum Gasteiger partial charge on any atom is 0.121 e. The fraction of sp³-hybridized carbons (Fsp3) is 0.385. The average Bonchev–Trinajstić information content (AvgIpc) is 2.27. The highest BCUT2D eigenvalue weighted by molar-refractivity contribution is 6.42. The summed E-state index contributed by atoms with van der Waals surface area (Å²) < 4.78 is 5.64. The molecular weight excluding hydrogens is 257 g/mol. The van der Waals surface area contributed by atoms with Gasteiger partial charge in [-0.05, 0) is 38.1 Å². The third-order valence-electron chi connectivity index (χ3n) is 3.00. The van der Waals surface area contributed by atoms with Crippen LogP contribution in [-0.4, -0.2) is 19.2 Å². The maximum absolute atomic E-state index is 5.91. The quantitative estimate of drug-likeness (QED) is 0.844. The summed E-state index contributed by atoms with van der Waals surface area (Å²) in [6.07, 6.45) is 3.22. The Balaban J connectivity index is 1.91.